The zero-order chi connectivity index (χ0) is 22.1. The van der Waals surface area contributed by atoms with Crippen molar-refractivity contribution in [3.8, 4) is 5.69 Å². The molecule has 0 aliphatic rings. The van der Waals surface area contributed by atoms with Crippen LogP contribution in [0.15, 0.2) is 66.7 Å². The first-order valence-electron chi connectivity index (χ1n) is 10.1. The van der Waals surface area contributed by atoms with Gasteiger partial charge in [-0.1, -0.05) is 26.0 Å². The van der Waals surface area contributed by atoms with Gasteiger partial charge in [-0.2, -0.15) is 0 Å². The third-order valence-electron chi connectivity index (χ3n) is 5.20. The maximum absolute atomic E-state index is 13.3. The van der Waals surface area contributed by atoms with Crippen LogP contribution in [0.25, 0.3) is 16.7 Å². The summed E-state index contributed by atoms with van der Waals surface area (Å²) < 4.78 is 15.2. The summed E-state index contributed by atoms with van der Waals surface area (Å²) in [5, 5.41) is 11.0. The highest BCUT2D eigenvalue weighted by Crippen LogP contribution is 2.23. The number of carbonyl (C=O) groups excluding carboxylic acids is 1. The van der Waals surface area contributed by atoms with Crippen LogP contribution < -0.4 is 5.32 Å². The largest absolute Gasteiger partial charge is 0.322 e. The molecule has 2 N–H and O–H groups in total. The van der Waals surface area contributed by atoms with Crippen molar-refractivity contribution in [1.29, 1.82) is 5.41 Å². The van der Waals surface area contributed by atoms with Crippen molar-refractivity contribution in [2.75, 3.05) is 5.32 Å². The SMILES string of the molecule is Cc1nc2ccc(C(=O)Nc3ccc(C(=N)C(C)C)cc3)cc2n1-c1ccc(F)cc1. The molecule has 0 saturated carbocycles. The number of nitrogens with zero attached hydrogens (tertiary/aromatic N) is 2. The molecule has 0 radical (unpaired) electrons. The Morgan fingerprint density at radius 1 is 1.00 bits per heavy atom. The van der Waals surface area contributed by atoms with Gasteiger partial charge in [0.2, 0.25) is 0 Å². The lowest BCUT2D eigenvalue weighted by Crippen LogP contribution is -2.12. The van der Waals surface area contributed by atoms with Crippen molar-refractivity contribution in [3.63, 3.8) is 0 Å². The minimum absolute atomic E-state index is 0.140. The van der Waals surface area contributed by atoms with Gasteiger partial charge in [-0.15, -0.1) is 0 Å². The molecule has 4 aromatic rings. The Balaban J connectivity index is 1.62. The number of halogens is 1. The minimum Gasteiger partial charge on any atom is -0.322 e. The Hall–Kier alpha value is -3.80. The van der Waals surface area contributed by atoms with E-state index in [0.29, 0.717) is 17.0 Å². The van der Waals surface area contributed by atoms with Gasteiger partial charge in [-0.3, -0.25) is 9.36 Å². The molecule has 0 fully saturated rings. The van der Waals surface area contributed by atoms with Crippen LogP contribution in [0.3, 0.4) is 0 Å². The van der Waals surface area contributed by atoms with Crippen LogP contribution in [0.5, 0.6) is 0 Å². The normalized spacial score (nSPS) is 11.1. The summed E-state index contributed by atoms with van der Waals surface area (Å²) in [4.78, 5) is 17.4. The van der Waals surface area contributed by atoms with Crippen LogP contribution in [0.1, 0.15) is 35.6 Å². The number of hydrogen-bond donors (Lipinski definition) is 2. The summed E-state index contributed by atoms with van der Waals surface area (Å²) in [6, 6.07) is 18.8. The number of nitrogens with one attached hydrogen (secondary N) is 2. The molecule has 0 aliphatic heterocycles. The van der Waals surface area contributed by atoms with Crippen molar-refractivity contribution < 1.29 is 9.18 Å². The number of rotatable bonds is 5. The molecule has 1 aromatic heterocycles. The highest BCUT2D eigenvalue weighted by molar-refractivity contribution is 6.06. The molecule has 1 heterocycles. The summed E-state index contributed by atoms with van der Waals surface area (Å²) in [5.41, 5.74) is 4.87. The molecule has 3 aromatic carbocycles. The zero-order valence-corrected chi connectivity index (χ0v) is 17.6. The third kappa shape index (κ3) is 4.10. The van der Waals surface area contributed by atoms with Gasteiger partial charge in [0.25, 0.3) is 5.91 Å². The average Bonchev–Trinajstić information content (AvgIpc) is 3.09. The van der Waals surface area contributed by atoms with Gasteiger partial charge in [0.1, 0.15) is 11.6 Å². The lowest BCUT2D eigenvalue weighted by Gasteiger charge is -2.10. The third-order valence-corrected chi connectivity index (χ3v) is 5.20. The molecule has 5 nitrogen and oxygen atoms in total. The quantitative estimate of drug-likeness (QED) is 0.408. The lowest BCUT2D eigenvalue weighted by atomic mass is 10.00. The molecule has 31 heavy (non-hydrogen) atoms. The van der Waals surface area contributed by atoms with Gasteiger partial charge >= 0.3 is 0 Å². The molecular formula is C25H23FN4O. The number of imidazole rings is 1. The number of anilines is 1. The van der Waals surface area contributed by atoms with E-state index in [0.717, 1.165) is 28.1 Å². The van der Waals surface area contributed by atoms with Crippen molar-refractivity contribution in [1.82, 2.24) is 9.55 Å². The number of aromatic nitrogens is 2. The highest BCUT2D eigenvalue weighted by Gasteiger charge is 2.14. The van der Waals surface area contributed by atoms with Gasteiger partial charge in [0, 0.05) is 22.6 Å². The van der Waals surface area contributed by atoms with Gasteiger partial charge < -0.3 is 10.7 Å². The van der Waals surface area contributed by atoms with Crippen molar-refractivity contribution in [3.05, 3.63) is 89.5 Å². The fourth-order valence-corrected chi connectivity index (χ4v) is 3.52. The molecule has 6 heteroatoms. The molecule has 0 atom stereocenters. The van der Waals surface area contributed by atoms with Gasteiger partial charge in [0.15, 0.2) is 0 Å². The van der Waals surface area contributed by atoms with Crippen LogP contribution >= 0.6 is 0 Å². The predicted octanol–water partition coefficient (Wildman–Crippen LogP) is 5.75. The van der Waals surface area contributed by atoms with E-state index in [1.54, 1.807) is 36.4 Å². The summed E-state index contributed by atoms with van der Waals surface area (Å²) in [7, 11) is 0. The Morgan fingerprint density at radius 2 is 1.65 bits per heavy atom. The predicted molar refractivity (Wildman–Crippen MR) is 122 cm³/mol. The lowest BCUT2D eigenvalue weighted by molar-refractivity contribution is 0.102. The zero-order valence-electron chi connectivity index (χ0n) is 17.6. The van der Waals surface area contributed by atoms with Crippen molar-refractivity contribution in [2.45, 2.75) is 20.8 Å². The molecule has 0 aliphatic carbocycles. The molecule has 0 unspecified atom stereocenters. The number of amides is 1. The maximum Gasteiger partial charge on any atom is 0.255 e. The Bertz CT molecular complexity index is 1270. The summed E-state index contributed by atoms with van der Waals surface area (Å²) in [6.07, 6.45) is 0. The van der Waals surface area contributed by atoms with E-state index in [1.807, 2.05) is 43.5 Å². The maximum atomic E-state index is 13.3. The topological polar surface area (TPSA) is 70.8 Å². The van der Waals surface area contributed by atoms with E-state index in [1.165, 1.54) is 12.1 Å². The number of fused-ring (bicyclic) bond motifs is 1. The smallest absolute Gasteiger partial charge is 0.255 e. The summed E-state index contributed by atoms with van der Waals surface area (Å²) >= 11 is 0. The summed E-state index contributed by atoms with van der Waals surface area (Å²) in [6.45, 7) is 5.83. The molecule has 4 rings (SSSR count). The monoisotopic (exact) mass is 414 g/mol. The minimum atomic E-state index is -0.305. The van der Waals surface area contributed by atoms with E-state index in [-0.39, 0.29) is 17.6 Å². The van der Waals surface area contributed by atoms with E-state index >= 15 is 0 Å². The van der Waals surface area contributed by atoms with Gasteiger partial charge in [-0.05, 0) is 73.0 Å². The highest BCUT2D eigenvalue weighted by atomic mass is 19.1. The molecular weight excluding hydrogens is 391 g/mol. The first kappa shape index (κ1) is 20.5. The number of aryl methyl sites for hydroxylation is 1. The Labute approximate surface area is 180 Å². The van der Waals surface area contributed by atoms with Crippen LogP contribution in [-0.4, -0.2) is 21.2 Å². The van der Waals surface area contributed by atoms with Gasteiger partial charge in [-0.25, -0.2) is 9.37 Å². The molecule has 0 bridgehead atoms. The van der Waals surface area contributed by atoms with Crippen LogP contribution in [0.4, 0.5) is 10.1 Å². The standard InChI is InChI=1S/C25H23FN4O/c1-15(2)24(27)17-4-9-20(10-5-17)29-25(31)18-6-13-22-23(14-18)30(16(3)28-22)21-11-7-19(26)8-12-21/h4-15,27H,1-3H3,(H,29,31). The van der Waals surface area contributed by atoms with Crippen molar-refractivity contribution in [2.24, 2.45) is 5.92 Å². The van der Waals surface area contributed by atoms with Crippen LogP contribution in [0.2, 0.25) is 0 Å². The second-order valence-corrected chi connectivity index (χ2v) is 7.77. The molecule has 1 amide bonds. The van der Waals surface area contributed by atoms with E-state index < -0.39 is 0 Å². The van der Waals surface area contributed by atoms with Crippen LogP contribution in [-0.2, 0) is 0 Å². The molecule has 0 saturated heterocycles. The second kappa shape index (κ2) is 8.14. The second-order valence-electron chi connectivity index (χ2n) is 7.77. The van der Waals surface area contributed by atoms with Crippen molar-refractivity contribution >= 4 is 28.3 Å². The Morgan fingerprint density at radius 3 is 2.29 bits per heavy atom. The number of carbonyl (C=O) groups is 1. The average molecular weight is 414 g/mol. The first-order valence-corrected chi connectivity index (χ1v) is 10.1. The number of benzene rings is 3. The van der Waals surface area contributed by atoms with E-state index in [9.17, 15) is 9.18 Å². The fraction of sp³-hybridized carbons (Fsp3) is 0.160. The molecule has 156 valence electrons. The first-order chi connectivity index (χ1) is 14.8. The summed E-state index contributed by atoms with van der Waals surface area (Å²) in [5.74, 6) is 0.350. The fourth-order valence-electron chi connectivity index (χ4n) is 3.52. The van der Waals surface area contributed by atoms with Gasteiger partial charge in [0.05, 0.1) is 11.0 Å². The van der Waals surface area contributed by atoms with E-state index in [4.69, 9.17) is 5.41 Å². The Kier molecular flexibility index (Phi) is 5.38. The van der Waals surface area contributed by atoms with Crippen LogP contribution in [0, 0.1) is 24.1 Å². The number of hydrogen-bond acceptors (Lipinski definition) is 3. The molecule has 0 spiro atoms. The van der Waals surface area contributed by atoms with E-state index in [2.05, 4.69) is 10.3 Å².